The van der Waals surface area contributed by atoms with E-state index in [1.54, 1.807) is 0 Å². The quantitative estimate of drug-likeness (QED) is 0.601. The van der Waals surface area contributed by atoms with E-state index in [0.717, 1.165) is 17.7 Å². The predicted octanol–water partition coefficient (Wildman–Crippen LogP) is 1.92. The molecule has 70 valence electrons. The van der Waals surface area contributed by atoms with Gasteiger partial charge in [-0.1, -0.05) is 12.0 Å². The van der Waals surface area contributed by atoms with E-state index in [2.05, 4.69) is 31.8 Å². The van der Waals surface area contributed by atoms with Gasteiger partial charge in [0.25, 0.3) is 0 Å². The summed E-state index contributed by atoms with van der Waals surface area (Å²) >= 11 is 1.87. The Morgan fingerprint density at radius 3 is 2.92 bits per heavy atom. The van der Waals surface area contributed by atoms with E-state index in [1.807, 2.05) is 11.8 Å². The van der Waals surface area contributed by atoms with Crippen molar-refractivity contribution in [1.82, 2.24) is 0 Å². The van der Waals surface area contributed by atoms with E-state index in [1.165, 1.54) is 0 Å². The number of carboxylic acid groups (broad SMARTS) is 1. The lowest BCUT2D eigenvalue weighted by Crippen LogP contribution is -2.16. The highest BCUT2D eigenvalue weighted by Crippen LogP contribution is 2.33. The standard InChI is InChI=1S/C10H12O2S/c1-10(2)7-8(5-6-13-10)3-4-9(11)12/h7H,5-6H2,1-2H3,(H,11,12). The number of thioether (sulfide) groups is 1. The van der Waals surface area contributed by atoms with E-state index in [4.69, 9.17) is 5.11 Å². The zero-order chi connectivity index (χ0) is 9.90. The summed E-state index contributed by atoms with van der Waals surface area (Å²) in [4.78, 5) is 10.2. The highest BCUT2D eigenvalue weighted by molar-refractivity contribution is 8.00. The fraction of sp³-hybridized carbons (Fsp3) is 0.500. The maximum Gasteiger partial charge on any atom is 0.382 e. The van der Waals surface area contributed by atoms with Gasteiger partial charge >= 0.3 is 5.97 Å². The average molecular weight is 196 g/mol. The molecule has 0 amide bonds. The Hall–Kier alpha value is -0.880. The predicted molar refractivity (Wildman–Crippen MR) is 54.6 cm³/mol. The Balaban J connectivity index is 2.77. The Morgan fingerprint density at radius 2 is 2.38 bits per heavy atom. The molecule has 0 aromatic carbocycles. The van der Waals surface area contributed by atoms with Gasteiger partial charge in [0.05, 0.1) is 0 Å². The van der Waals surface area contributed by atoms with Crippen molar-refractivity contribution in [2.45, 2.75) is 25.0 Å². The molecule has 1 aliphatic rings. The molecule has 0 aromatic rings. The largest absolute Gasteiger partial charge is 0.472 e. The van der Waals surface area contributed by atoms with Gasteiger partial charge in [-0.3, -0.25) is 0 Å². The number of rotatable bonds is 0. The molecule has 0 radical (unpaired) electrons. The fourth-order valence-corrected chi connectivity index (χ4v) is 2.26. The van der Waals surface area contributed by atoms with Crippen molar-refractivity contribution in [3.63, 3.8) is 0 Å². The molecule has 0 aromatic heterocycles. The lowest BCUT2D eigenvalue weighted by Gasteiger charge is -2.24. The molecule has 3 heteroatoms. The van der Waals surface area contributed by atoms with Crippen LogP contribution in [-0.4, -0.2) is 21.6 Å². The molecular formula is C10H12O2S. The number of carbonyl (C=O) groups is 1. The van der Waals surface area contributed by atoms with Gasteiger partial charge in [0, 0.05) is 16.2 Å². The number of aliphatic carboxylic acids is 1. The molecule has 1 rings (SSSR count). The minimum absolute atomic E-state index is 0.0980. The minimum atomic E-state index is -1.06. The van der Waals surface area contributed by atoms with Crippen LogP contribution in [0.15, 0.2) is 11.6 Å². The average Bonchev–Trinajstić information content (AvgIpc) is 1.99. The zero-order valence-corrected chi connectivity index (χ0v) is 8.57. The van der Waals surface area contributed by atoms with Gasteiger partial charge in [-0.15, -0.1) is 0 Å². The number of allylic oxidation sites excluding steroid dienone is 1. The molecule has 0 saturated carbocycles. The Bertz CT molecular complexity index is 305. The SMILES string of the molecule is CC1(C)C=C(C#CC(=O)O)CCS1. The summed E-state index contributed by atoms with van der Waals surface area (Å²) in [5.41, 5.74) is 0.950. The topological polar surface area (TPSA) is 37.3 Å². The van der Waals surface area contributed by atoms with Crippen LogP contribution in [0, 0.1) is 11.8 Å². The molecular weight excluding hydrogens is 184 g/mol. The summed E-state index contributed by atoms with van der Waals surface area (Å²) in [6, 6.07) is 0. The van der Waals surface area contributed by atoms with Crippen LogP contribution >= 0.6 is 11.8 Å². The second-order valence-electron chi connectivity index (χ2n) is 3.43. The highest BCUT2D eigenvalue weighted by Gasteiger charge is 2.19. The first-order valence-corrected chi connectivity index (χ1v) is 5.09. The Labute approximate surface area is 82.4 Å². The van der Waals surface area contributed by atoms with Gasteiger partial charge in [-0.2, -0.15) is 11.8 Å². The maximum atomic E-state index is 10.2. The lowest BCUT2D eigenvalue weighted by molar-refractivity contribution is -0.130. The van der Waals surface area contributed by atoms with Crippen molar-refractivity contribution >= 4 is 17.7 Å². The first-order valence-electron chi connectivity index (χ1n) is 4.10. The summed E-state index contributed by atoms with van der Waals surface area (Å²) < 4.78 is 0.0980. The molecule has 0 aliphatic carbocycles. The molecule has 2 nitrogen and oxygen atoms in total. The monoisotopic (exact) mass is 196 g/mol. The molecule has 13 heavy (non-hydrogen) atoms. The van der Waals surface area contributed by atoms with Crippen LogP contribution < -0.4 is 0 Å². The summed E-state index contributed by atoms with van der Waals surface area (Å²) in [7, 11) is 0. The van der Waals surface area contributed by atoms with E-state index >= 15 is 0 Å². The second kappa shape index (κ2) is 3.89. The summed E-state index contributed by atoms with van der Waals surface area (Å²) in [6.07, 6.45) is 2.94. The molecule has 0 bridgehead atoms. The van der Waals surface area contributed by atoms with E-state index in [9.17, 15) is 4.79 Å². The van der Waals surface area contributed by atoms with Gasteiger partial charge in [-0.05, 0) is 26.0 Å². The summed E-state index contributed by atoms with van der Waals surface area (Å²) in [6.45, 7) is 4.22. The first-order chi connectivity index (χ1) is 5.99. The minimum Gasteiger partial charge on any atom is -0.472 e. The second-order valence-corrected chi connectivity index (χ2v) is 5.18. The molecule has 0 unspecified atom stereocenters. The van der Waals surface area contributed by atoms with Gasteiger partial charge in [0.15, 0.2) is 0 Å². The Kier molecular flexibility index (Phi) is 3.05. The number of hydrogen-bond acceptors (Lipinski definition) is 2. The maximum absolute atomic E-state index is 10.2. The van der Waals surface area contributed by atoms with Gasteiger partial charge in [0.1, 0.15) is 0 Å². The van der Waals surface area contributed by atoms with E-state index < -0.39 is 5.97 Å². The lowest BCUT2D eigenvalue weighted by atomic mass is 10.1. The van der Waals surface area contributed by atoms with Crippen molar-refractivity contribution in [3.05, 3.63) is 11.6 Å². The van der Waals surface area contributed by atoms with Crippen LogP contribution in [0.2, 0.25) is 0 Å². The normalized spacial score (nSPS) is 19.7. The van der Waals surface area contributed by atoms with Crippen LogP contribution in [0.1, 0.15) is 20.3 Å². The first kappa shape index (κ1) is 10.2. The molecule has 0 fully saturated rings. The third kappa shape index (κ3) is 3.56. The molecule has 0 atom stereocenters. The summed E-state index contributed by atoms with van der Waals surface area (Å²) in [5.74, 6) is 4.78. The van der Waals surface area contributed by atoms with Crippen molar-refractivity contribution in [1.29, 1.82) is 0 Å². The van der Waals surface area contributed by atoms with Gasteiger partial charge in [0.2, 0.25) is 0 Å². The van der Waals surface area contributed by atoms with E-state index in [-0.39, 0.29) is 4.75 Å². The van der Waals surface area contributed by atoms with Crippen LogP contribution in [0.3, 0.4) is 0 Å². The third-order valence-electron chi connectivity index (χ3n) is 1.70. The van der Waals surface area contributed by atoms with Crippen LogP contribution in [-0.2, 0) is 4.79 Å². The van der Waals surface area contributed by atoms with Crippen molar-refractivity contribution in [2.24, 2.45) is 0 Å². The Morgan fingerprint density at radius 1 is 1.69 bits per heavy atom. The van der Waals surface area contributed by atoms with Gasteiger partial charge < -0.3 is 5.11 Å². The van der Waals surface area contributed by atoms with Crippen LogP contribution in [0.5, 0.6) is 0 Å². The van der Waals surface area contributed by atoms with E-state index in [0.29, 0.717) is 0 Å². The molecule has 0 saturated heterocycles. The molecule has 1 heterocycles. The number of hydrogen-bond donors (Lipinski definition) is 1. The third-order valence-corrected chi connectivity index (χ3v) is 2.97. The van der Waals surface area contributed by atoms with Crippen molar-refractivity contribution < 1.29 is 9.90 Å². The van der Waals surface area contributed by atoms with Crippen LogP contribution in [0.4, 0.5) is 0 Å². The van der Waals surface area contributed by atoms with Crippen molar-refractivity contribution in [2.75, 3.05) is 5.75 Å². The zero-order valence-electron chi connectivity index (χ0n) is 7.76. The van der Waals surface area contributed by atoms with Crippen LogP contribution in [0.25, 0.3) is 0 Å². The molecule has 0 spiro atoms. The fourth-order valence-electron chi connectivity index (χ4n) is 1.19. The molecule has 1 aliphatic heterocycles. The number of carboxylic acids is 1. The highest BCUT2D eigenvalue weighted by atomic mass is 32.2. The van der Waals surface area contributed by atoms with Crippen molar-refractivity contribution in [3.8, 4) is 11.8 Å². The summed E-state index contributed by atoms with van der Waals surface area (Å²) in [5, 5.41) is 8.37. The van der Waals surface area contributed by atoms with Gasteiger partial charge in [-0.25, -0.2) is 4.79 Å². The smallest absolute Gasteiger partial charge is 0.382 e. The molecule has 1 N–H and O–H groups in total.